The van der Waals surface area contributed by atoms with Crippen molar-refractivity contribution in [1.82, 2.24) is 9.97 Å². The molecular weight excluding hydrogens is 250 g/mol. The largest absolute Gasteiger partial charge is 0.490 e. The summed E-state index contributed by atoms with van der Waals surface area (Å²) >= 11 is 5.99. The fourth-order valence-electron chi connectivity index (χ4n) is 2.89. The predicted octanol–water partition coefficient (Wildman–Crippen LogP) is 3.38. The van der Waals surface area contributed by atoms with Crippen LogP contribution in [0.1, 0.15) is 33.1 Å². The molecule has 5 heteroatoms. The maximum atomic E-state index is 5.99. The molecular formula is C13H20ClN3O. The van der Waals surface area contributed by atoms with Crippen molar-refractivity contribution in [3.05, 3.63) is 11.5 Å². The van der Waals surface area contributed by atoms with Gasteiger partial charge in [-0.05, 0) is 31.1 Å². The third-order valence-corrected chi connectivity index (χ3v) is 3.75. The highest BCUT2D eigenvalue weighted by atomic mass is 35.5. The second-order valence-corrected chi connectivity index (χ2v) is 5.66. The molecule has 0 bridgehead atoms. The molecule has 0 aliphatic heterocycles. The molecule has 1 fully saturated rings. The van der Waals surface area contributed by atoms with Gasteiger partial charge in [-0.25, -0.2) is 9.97 Å². The third-order valence-electron chi connectivity index (χ3n) is 3.48. The van der Waals surface area contributed by atoms with Crippen LogP contribution in [0.5, 0.6) is 5.75 Å². The minimum atomic E-state index is 0.354. The van der Waals surface area contributed by atoms with E-state index in [4.69, 9.17) is 16.3 Å². The van der Waals surface area contributed by atoms with Crippen LogP contribution < -0.4 is 10.1 Å². The van der Waals surface area contributed by atoms with Gasteiger partial charge in [0.1, 0.15) is 6.33 Å². The highest BCUT2D eigenvalue weighted by Crippen LogP contribution is 2.34. The summed E-state index contributed by atoms with van der Waals surface area (Å²) in [7, 11) is 1.59. The highest BCUT2D eigenvalue weighted by Gasteiger charge is 2.25. The second-order valence-electron chi connectivity index (χ2n) is 5.31. The molecule has 2 atom stereocenters. The number of nitrogens with zero attached hydrogens (tertiary/aromatic N) is 2. The Kier molecular flexibility index (Phi) is 4.27. The number of rotatable bonds is 3. The van der Waals surface area contributed by atoms with Gasteiger partial charge < -0.3 is 10.1 Å². The molecule has 1 aromatic rings. The molecule has 1 aliphatic rings. The number of hydrogen-bond donors (Lipinski definition) is 1. The molecule has 18 heavy (non-hydrogen) atoms. The normalized spacial score (nSPS) is 27.9. The maximum Gasteiger partial charge on any atom is 0.198 e. The average molecular weight is 270 g/mol. The van der Waals surface area contributed by atoms with Gasteiger partial charge in [-0.1, -0.05) is 25.4 Å². The van der Waals surface area contributed by atoms with E-state index < -0.39 is 0 Å². The number of nitrogens with one attached hydrogen (secondary N) is 1. The quantitative estimate of drug-likeness (QED) is 0.855. The van der Waals surface area contributed by atoms with Crippen LogP contribution in [0.3, 0.4) is 0 Å². The Hall–Kier alpha value is -1.03. The predicted molar refractivity (Wildman–Crippen MR) is 73.2 cm³/mol. The van der Waals surface area contributed by atoms with E-state index in [-0.39, 0.29) is 0 Å². The fourth-order valence-corrected chi connectivity index (χ4v) is 3.10. The molecule has 1 saturated carbocycles. The van der Waals surface area contributed by atoms with E-state index in [2.05, 4.69) is 29.1 Å². The molecule has 1 aromatic heterocycles. The van der Waals surface area contributed by atoms with Crippen LogP contribution in [-0.2, 0) is 0 Å². The van der Waals surface area contributed by atoms with E-state index in [1.165, 1.54) is 12.7 Å². The summed E-state index contributed by atoms with van der Waals surface area (Å²) in [5.74, 6) is 2.72. The molecule has 2 unspecified atom stereocenters. The standard InChI is InChI=1S/C13H20ClN3O/c1-8-4-9(2)6-10(5-8)17-13-11(18-3)12(14)15-7-16-13/h7-10H,4-6H2,1-3H3,(H,15,16,17). The van der Waals surface area contributed by atoms with Crippen molar-refractivity contribution in [2.45, 2.75) is 39.2 Å². The minimum Gasteiger partial charge on any atom is -0.490 e. The zero-order chi connectivity index (χ0) is 13.1. The second kappa shape index (κ2) is 5.74. The summed E-state index contributed by atoms with van der Waals surface area (Å²) in [6, 6.07) is 0.434. The van der Waals surface area contributed by atoms with Gasteiger partial charge in [-0.2, -0.15) is 0 Å². The topological polar surface area (TPSA) is 47.0 Å². The van der Waals surface area contributed by atoms with Crippen molar-refractivity contribution in [3.63, 3.8) is 0 Å². The molecule has 1 heterocycles. The van der Waals surface area contributed by atoms with E-state index in [1.807, 2.05) is 0 Å². The zero-order valence-corrected chi connectivity index (χ0v) is 11.9. The van der Waals surface area contributed by atoms with Crippen LogP contribution in [0.25, 0.3) is 0 Å². The number of hydrogen-bond acceptors (Lipinski definition) is 4. The molecule has 1 aliphatic carbocycles. The van der Waals surface area contributed by atoms with Crippen molar-refractivity contribution in [2.75, 3.05) is 12.4 Å². The van der Waals surface area contributed by atoms with Crippen LogP contribution in [0.15, 0.2) is 6.33 Å². The lowest BCUT2D eigenvalue weighted by Crippen LogP contribution is -2.30. The molecule has 0 saturated heterocycles. The number of methoxy groups -OCH3 is 1. The van der Waals surface area contributed by atoms with E-state index in [0.29, 0.717) is 22.8 Å². The van der Waals surface area contributed by atoms with Gasteiger partial charge in [0.15, 0.2) is 16.7 Å². The van der Waals surface area contributed by atoms with Crippen molar-refractivity contribution >= 4 is 17.4 Å². The SMILES string of the molecule is COc1c(Cl)ncnc1NC1CC(C)CC(C)C1. The highest BCUT2D eigenvalue weighted by molar-refractivity contribution is 6.31. The van der Waals surface area contributed by atoms with Crippen molar-refractivity contribution < 1.29 is 4.74 Å². The summed E-state index contributed by atoms with van der Waals surface area (Å²) in [6.07, 6.45) is 5.09. The number of halogens is 1. The molecule has 100 valence electrons. The first-order valence-electron chi connectivity index (χ1n) is 6.41. The molecule has 1 N–H and O–H groups in total. The van der Waals surface area contributed by atoms with Gasteiger partial charge in [0, 0.05) is 6.04 Å². The maximum absolute atomic E-state index is 5.99. The lowest BCUT2D eigenvalue weighted by atomic mass is 9.80. The fraction of sp³-hybridized carbons (Fsp3) is 0.692. The van der Waals surface area contributed by atoms with Gasteiger partial charge >= 0.3 is 0 Å². The van der Waals surface area contributed by atoms with E-state index >= 15 is 0 Å². The first-order valence-corrected chi connectivity index (χ1v) is 6.79. The third kappa shape index (κ3) is 3.05. The smallest absolute Gasteiger partial charge is 0.198 e. The van der Waals surface area contributed by atoms with Gasteiger partial charge in [-0.3, -0.25) is 0 Å². The lowest BCUT2D eigenvalue weighted by Gasteiger charge is -2.32. The molecule has 2 rings (SSSR count). The summed E-state index contributed by atoms with van der Waals surface area (Å²) in [6.45, 7) is 4.60. The molecule has 4 nitrogen and oxygen atoms in total. The Morgan fingerprint density at radius 3 is 2.50 bits per heavy atom. The lowest BCUT2D eigenvalue weighted by molar-refractivity contribution is 0.280. The van der Waals surface area contributed by atoms with E-state index in [0.717, 1.165) is 24.7 Å². The molecule has 0 amide bonds. The van der Waals surface area contributed by atoms with Crippen LogP contribution in [0.2, 0.25) is 5.15 Å². The molecule has 0 aromatic carbocycles. The first-order chi connectivity index (χ1) is 8.60. The zero-order valence-electron chi connectivity index (χ0n) is 11.1. The van der Waals surface area contributed by atoms with Gasteiger partial charge in [0.25, 0.3) is 0 Å². The molecule has 0 radical (unpaired) electrons. The van der Waals surface area contributed by atoms with Crippen molar-refractivity contribution in [1.29, 1.82) is 0 Å². The van der Waals surface area contributed by atoms with E-state index in [1.54, 1.807) is 7.11 Å². The number of anilines is 1. The average Bonchev–Trinajstić information content (AvgIpc) is 2.27. The van der Waals surface area contributed by atoms with Gasteiger partial charge in [0.2, 0.25) is 0 Å². The summed E-state index contributed by atoms with van der Waals surface area (Å²) < 4.78 is 5.25. The first kappa shape index (κ1) is 13.4. The van der Waals surface area contributed by atoms with Crippen molar-refractivity contribution in [3.8, 4) is 5.75 Å². The monoisotopic (exact) mass is 269 g/mol. The van der Waals surface area contributed by atoms with Crippen LogP contribution in [-0.4, -0.2) is 23.1 Å². The van der Waals surface area contributed by atoms with Gasteiger partial charge in [-0.15, -0.1) is 0 Å². The van der Waals surface area contributed by atoms with Crippen LogP contribution in [0, 0.1) is 11.8 Å². The summed E-state index contributed by atoms with van der Waals surface area (Å²) in [5.41, 5.74) is 0. The molecule has 0 spiro atoms. The van der Waals surface area contributed by atoms with Crippen LogP contribution >= 0.6 is 11.6 Å². The van der Waals surface area contributed by atoms with Crippen molar-refractivity contribution in [2.24, 2.45) is 11.8 Å². The Morgan fingerprint density at radius 1 is 1.22 bits per heavy atom. The Morgan fingerprint density at radius 2 is 1.89 bits per heavy atom. The Labute approximate surface area is 113 Å². The minimum absolute atomic E-state index is 0.354. The summed E-state index contributed by atoms with van der Waals surface area (Å²) in [4.78, 5) is 8.15. The number of ether oxygens (including phenoxy) is 1. The van der Waals surface area contributed by atoms with Crippen LogP contribution in [0.4, 0.5) is 5.82 Å². The van der Waals surface area contributed by atoms with Gasteiger partial charge in [0.05, 0.1) is 7.11 Å². The number of aromatic nitrogens is 2. The Balaban J connectivity index is 2.11. The Bertz CT molecular complexity index is 403. The summed E-state index contributed by atoms with van der Waals surface area (Å²) in [5, 5.41) is 3.80. The van der Waals surface area contributed by atoms with E-state index in [9.17, 15) is 0 Å².